The van der Waals surface area contributed by atoms with E-state index >= 15 is 0 Å². The summed E-state index contributed by atoms with van der Waals surface area (Å²) in [6.07, 6.45) is 4.35. The van der Waals surface area contributed by atoms with Crippen molar-refractivity contribution in [2.24, 2.45) is 0 Å². The Morgan fingerprint density at radius 1 is 1.12 bits per heavy atom. The van der Waals surface area contributed by atoms with Gasteiger partial charge in [0.05, 0.1) is 35.5 Å². The minimum Gasteiger partial charge on any atom is -0.497 e. The zero-order valence-electron chi connectivity index (χ0n) is 14.6. The summed E-state index contributed by atoms with van der Waals surface area (Å²) in [6, 6.07) is 14.2. The molecule has 2 aromatic heterocycles. The predicted octanol–water partition coefficient (Wildman–Crippen LogP) is 4.63. The molecule has 0 aliphatic heterocycles. The molecule has 0 aliphatic rings. The maximum Gasteiger partial charge on any atom is 0.123 e. The smallest absolute Gasteiger partial charge is 0.123 e. The van der Waals surface area contributed by atoms with Gasteiger partial charge in [-0.2, -0.15) is 0 Å². The van der Waals surface area contributed by atoms with Gasteiger partial charge in [-0.3, -0.25) is 0 Å². The molecule has 0 amide bonds. The molecule has 4 rings (SSSR count). The molecule has 0 radical (unpaired) electrons. The van der Waals surface area contributed by atoms with Crippen molar-refractivity contribution in [1.29, 1.82) is 0 Å². The van der Waals surface area contributed by atoms with Crippen molar-refractivity contribution in [1.82, 2.24) is 15.0 Å². The van der Waals surface area contributed by atoms with Gasteiger partial charge in [0.2, 0.25) is 0 Å². The number of H-pyrrole nitrogens is 1. The summed E-state index contributed by atoms with van der Waals surface area (Å²) in [5.41, 5.74) is 4.22. The Labute approximate surface area is 155 Å². The van der Waals surface area contributed by atoms with Crippen molar-refractivity contribution in [2.45, 2.75) is 12.5 Å². The van der Waals surface area contributed by atoms with E-state index in [4.69, 9.17) is 9.47 Å². The largest absolute Gasteiger partial charge is 0.497 e. The molecule has 4 aromatic rings. The van der Waals surface area contributed by atoms with E-state index in [1.807, 2.05) is 30.5 Å². The van der Waals surface area contributed by atoms with E-state index in [2.05, 4.69) is 33.2 Å². The number of fused-ring (bicyclic) bond motifs is 1. The zero-order chi connectivity index (χ0) is 17.9. The second-order valence-electron chi connectivity index (χ2n) is 5.98. The van der Waals surface area contributed by atoms with Crippen molar-refractivity contribution >= 4 is 22.4 Å². The first-order chi connectivity index (χ1) is 12.8. The van der Waals surface area contributed by atoms with Crippen LogP contribution in [0.5, 0.6) is 5.75 Å². The number of nitrogens with one attached hydrogen (secondary N) is 1. The molecule has 6 heteroatoms. The van der Waals surface area contributed by atoms with Gasteiger partial charge in [-0.15, -0.1) is 11.3 Å². The highest BCUT2D eigenvalue weighted by molar-refractivity contribution is 7.15. The number of benzene rings is 2. The highest BCUT2D eigenvalue weighted by atomic mass is 32.1. The number of ether oxygens (including phenoxy) is 2. The number of thiazole rings is 1. The van der Waals surface area contributed by atoms with Gasteiger partial charge in [0, 0.05) is 25.3 Å². The van der Waals surface area contributed by atoms with Gasteiger partial charge >= 0.3 is 0 Å². The number of methoxy groups -OCH3 is 2. The molecule has 2 heterocycles. The van der Waals surface area contributed by atoms with E-state index in [0.29, 0.717) is 0 Å². The molecule has 1 atom stereocenters. The summed E-state index contributed by atoms with van der Waals surface area (Å²) in [6.45, 7) is 0. The third-order valence-electron chi connectivity index (χ3n) is 4.35. The number of hydrogen-bond acceptors (Lipinski definition) is 5. The third-order valence-corrected chi connectivity index (χ3v) is 5.49. The molecule has 5 nitrogen and oxygen atoms in total. The number of aromatic amines is 1. The van der Waals surface area contributed by atoms with Crippen molar-refractivity contribution in [3.8, 4) is 16.3 Å². The Hall–Kier alpha value is -2.70. The van der Waals surface area contributed by atoms with Gasteiger partial charge in [-0.25, -0.2) is 9.97 Å². The van der Waals surface area contributed by atoms with Crippen LogP contribution in [0.15, 0.2) is 55.0 Å². The monoisotopic (exact) mass is 365 g/mol. The van der Waals surface area contributed by atoms with E-state index in [9.17, 15) is 0 Å². The normalized spacial score (nSPS) is 12.4. The van der Waals surface area contributed by atoms with Crippen LogP contribution in [-0.4, -0.2) is 29.2 Å². The fourth-order valence-corrected chi connectivity index (χ4v) is 3.94. The number of nitrogens with zero attached hydrogens (tertiary/aromatic N) is 2. The van der Waals surface area contributed by atoms with Crippen LogP contribution >= 0.6 is 11.3 Å². The van der Waals surface area contributed by atoms with Crippen LogP contribution in [0, 0.1) is 0 Å². The fourth-order valence-electron chi connectivity index (χ4n) is 2.95. The predicted molar refractivity (Wildman–Crippen MR) is 104 cm³/mol. The van der Waals surface area contributed by atoms with Gasteiger partial charge in [0.25, 0.3) is 0 Å². The standard InChI is InChI=1S/C20H19N3O2S/c1-24-15-5-3-4-13(8-15)9-18(25-2)19-11-21-20(26-19)14-6-7-16-17(10-14)23-12-22-16/h3-8,10-12,18H,9H2,1-2H3,(H,22,23). The molecule has 2 aromatic carbocycles. The van der Waals surface area contributed by atoms with Crippen LogP contribution < -0.4 is 4.74 Å². The molecular weight excluding hydrogens is 346 g/mol. The molecule has 1 unspecified atom stereocenters. The summed E-state index contributed by atoms with van der Waals surface area (Å²) in [5, 5.41) is 0.976. The van der Waals surface area contributed by atoms with Crippen molar-refractivity contribution in [3.05, 3.63) is 65.4 Å². The fraction of sp³-hybridized carbons (Fsp3) is 0.200. The number of aromatic nitrogens is 3. The van der Waals surface area contributed by atoms with E-state index in [-0.39, 0.29) is 6.10 Å². The first-order valence-electron chi connectivity index (χ1n) is 8.32. The van der Waals surface area contributed by atoms with Gasteiger partial charge in [-0.1, -0.05) is 12.1 Å². The number of rotatable bonds is 6. The third kappa shape index (κ3) is 3.34. The molecule has 0 aliphatic carbocycles. The molecule has 0 saturated heterocycles. The Morgan fingerprint density at radius 2 is 2.04 bits per heavy atom. The Kier molecular flexibility index (Phi) is 4.69. The average Bonchev–Trinajstić information content (AvgIpc) is 3.35. The van der Waals surface area contributed by atoms with Crippen LogP contribution in [0.3, 0.4) is 0 Å². The SMILES string of the molecule is COc1cccc(CC(OC)c2cnc(-c3ccc4nc[nH]c4c3)s2)c1. The lowest BCUT2D eigenvalue weighted by Gasteiger charge is -2.13. The van der Waals surface area contributed by atoms with Crippen LogP contribution in [0.1, 0.15) is 16.5 Å². The zero-order valence-corrected chi connectivity index (χ0v) is 15.4. The number of imidazole rings is 1. The summed E-state index contributed by atoms with van der Waals surface area (Å²) in [5.74, 6) is 0.857. The summed E-state index contributed by atoms with van der Waals surface area (Å²) < 4.78 is 11.0. The molecule has 0 bridgehead atoms. The van der Waals surface area contributed by atoms with Gasteiger partial charge in [-0.05, 0) is 35.9 Å². The topological polar surface area (TPSA) is 60.0 Å². The van der Waals surface area contributed by atoms with Crippen LogP contribution in [-0.2, 0) is 11.2 Å². The molecule has 1 N–H and O–H groups in total. The maximum absolute atomic E-state index is 5.73. The summed E-state index contributed by atoms with van der Waals surface area (Å²) in [7, 11) is 3.42. The van der Waals surface area contributed by atoms with Crippen LogP contribution in [0.2, 0.25) is 0 Å². The molecule has 26 heavy (non-hydrogen) atoms. The second kappa shape index (κ2) is 7.27. The van der Waals surface area contributed by atoms with Gasteiger partial charge < -0.3 is 14.5 Å². The van der Waals surface area contributed by atoms with Crippen LogP contribution in [0.4, 0.5) is 0 Å². The Balaban J connectivity index is 1.58. The lowest BCUT2D eigenvalue weighted by Crippen LogP contribution is -2.03. The van der Waals surface area contributed by atoms with Gasteiger partial charge in [0.15, 0.2) is 0 Å². The minimum absolute atomic E-state index is 0.0377. The van der Waals surface area contributed by atoms with Gasteiger partial charge in [0.1, 0.15) is 10.8 Å². The average molecular weight is 365 g/mol. The molecule has 0 saturated carbocycles. The van der Waals surface area contributed by atoms with E-state index in [0.717, 1.165) is 38.7 Å². The summed E-state index contributed by atoms with van der Waals surface area (Å²) in [4.78, 5) is 13.1. The molecule has 0 fully saturated rings. The quantitative estimate of drug-likeness (QED) is 0.541. The highest BCUT2D eigenvalue weighted by Crippen LogP contribution is 2.33. The maximum atomic E-state index is 5.73. The van der Waals surface area contributed by atoms with E-state index < -0.39 is 0 Å². The number of hydrogen-bond donors (Lipinski definition) is 1. The summed E-state index contributed by atoms with van der Waals surface area (Å²) >= 11 is 1.66. The molecular formula is C20H19N3O2S. The lowest BCUT2D eigenvalue weighted by atomic mass is 10.1. The van der Waals surface area contributed by atoms with E-state index in [1.165, 1.54) is 5.56 Å². The highest BCUT2D eigenvalue weighted by Gasteiger charge is 2.16. The molecule has 132 valence electrons. The minimum atomic E-state index is -0.0377. The first-order valence-corrected chi connectivity index (χ1v) is 9.13. The lowest BCUT2D eigenvalue weighted by molar-refractivity contribution is 0.106. The van der Waals surface area contributed by atoms with Crippen molar-refractivity contribution in [3.63, 3.8) is 0 Å². The van der Waals surface area contributed by atoms with E-state index in [1.54, 1.807) is 31.9 Å². The molecule has 0 spiro atoms. The second-order valence-corrected chi connectivity index (χ2v) is 7.04. The Morgan fingerprint density at radius 3 is 2.88 bits per heavy atom. The van der Waals surface area contributed by atoms with Crippen molar-refractivity contribution in [2.75, 3.05) is 14.2 Å². The van der Waals surface area contributed by atoms with Crippen molar-refractivity contribution < 1.29 is 9.47 Å². The first kappa shape index (κ1) is 16.8. The van der Waals surface area contributed by atoms with Crippen LogP contribution in [0.25, 0.3) is 21.6 Å². The Bertz CT molecular complexity index is 1020.